The molecule has 140 valence electrons. The van der Waals surface area contributed by atoms with Crippen molar-refractivity contribution >= 4 is 18.4 Å². The second kappa shape index (κ2) is 11.6. The van der Waals surface area contributed by atoms with E-state index < -0.39 is 18.4 Å². The molecule has 0 atom stereocenters. The lowest BCUT2D eigenvalue weighted by Gasteiger charge is -2.37. The highest BCUT2D eigenvalue weighted by Crippen LogP contribution is 2.39. The minimum Gasteiger partial charge on any atom is -0.314 e. The molecule has 0 unspecified atom stereocenters. The quantitative estimate of drug-likeness (QED) is 0.270. The van der Waals surface area contributed by atoms with Crippen LogP contribution in [0.25, 0.3) is 0 Å². The largest absolute Gasteiger partial charge is 0.314 e. The molecule has 0 fully saturated rings. The summed E-state index contributed by atoms with van der Waals surface area (Å²) < 4.78 is 30.8. The highest BCUT2D eigenvalue weighted by molar-refractivity contribution is 7.87. The van der Waals surface area contributed by atoms with Crippen molar-refractivity contribution in [2.75, 3.05) is 5.75 Å². The first-order chi connectivity index (χ1) is 10.7. The molecule has 5 heteroatoms. The van der Waals surface area contributed by atoms with Crippen molar-refractivity contribution in [1.29, 1.82) is 0 Å². The van der Waals surface area contributed by atoms with Gasteiger partial charge in [-0.1, -0.05) is 86.5 Å². The second-order valence-corrected chi connectivity index (χ2v) is 14.4. The molecule has 0 N–H and O–H groups in total. The van der Waals surface area contributed by atoms with Crippen LogP contribution in [0.4, 0.5) is 0 Å². The zero-order valence-corrected chi connectivity index (χ0v) is 18.2. The molecular weight excluding hydrogens is 324 g/mol. The molecule has 23 heavy (non-hydrogen) atoms. The third-order valence-corrected chi connectivity index (χ3v) is 13.0. The van der Waals surface area contributed by atoms with Crippen molar-refractivity contribution in [2.24, 2.45) is 0 Å². The van der Waals surface area contributed by atoms with E-state index in [1.54, 1.807) is 0 Å². The number of unbranched alkanes of at least 4 members (excludes halogenated alkanes) is 6. The van der Waals surface area contributed by atoms with Gasteiger partial charge in [0.1, 0.15) is 0 Å². The standard InChI is InChI=1S/C18H40O3SSi/c1-7-9-11-12-13-14-16-23(17(3)4,18(5)6)21-22(19,20)15-10-8-2/h17-18H,7-16H2,1-6H3. The zero-order valence-electron chi connectivity index (χ0n) is 16.4. The molecule has 0 rings (SSSR count). The Kier molecular flexibility index (Phi) is 11.7. The van der Waals surface area contributed by atoms with E-state index in [2.05, 4.69) is 34.6 Å². The lowest BCUT2D eigenvalue weighted by Crippen LogP contribution is -2.46. The first kappa shape index (κ1) is 23.1. The summed E-state index contributed by atoms with van der Waals surface area (Å²) in [7, 11) is -5.67. The van der Waals surface area contributed by atoms with Crippen LogP contribution in [0, 0.1) is 0 Å². The Morgan fingerprint density at radius 1 is 0.783 bits per heavy atom. The summed E-state index contributed by atoms with van der Waals surface area (Å²) in [6.45, 7) is 12.8. The Morgan fingerprint density at radius 2 is 1.26 bits per heavy atom. The third-order valence-electron chi connectivity index (χ3n) is 4.91. The van der Waals surface area contributed by atoms with Gasteiger partial charge in [0, 0.05) is 0 Å². The van der Waals surface area contributed by atoms with E-state index in [1.165, 1.54) is 32.1 Å². The molecule has 0 aromatic carbocycles. The third kappa shape index (κ3) is 8.68. The molecule has 0 spiro atoms. The maximum Gasteiger partial charge on any atom is 0.257 e. The topological polar surface area (TPSA) is 43.4 Å². The van der Waals surface area contributed by atoms with E-state index in [1.807, 2.05) is 6.92 Å². The van der Waals surface area contributed by atoms with Gasteiger partial charge in [0.15, 0.2) is 0 Å². The maximum atomic E-state index is 12.4. The minimum absolute atomic E-state index is 0.175. The van der Waals surface area contributed by atoms with Crippen molar-refractivity contribution in [3.63, 3.8) is 0 Å². The SMILES string of the molecule is CCCCCCCC[Si](OS(=O)(=O)CCCC)(C(C)C)C(C)C. The van der Waals surface area contributed by atoms with Gasteiger partial charge in [-0.2, -0.15) is 0 Å². The fourth-order valence-electron chi connectivity index (χ4n) is 3.26. The van der Waals surface area contributed by atoms with Crippen LogP contribution < -0.4 is 0 Å². The van der Waals surface area contributed by atoms with Crippen LogP contribution >= 0.6 is 0 Å². The summed E-state index contributed by atoms with van der Waals surface area (Å²) in [4.78, 5) is 0. The highest BCUT2D eigenvalue weighted by atomic mass is 32.2. The van der Waals surface area contributed by atoms with E-state index in [0.29, 0.717) is 17.5 Å². The summed E-state index contributed by atoms with van der Waals surface area (Å²) >= 11 is 0. The van der Waals surface area contributed by atoms with Gasteiger partial charge in [0.2, 0.25) is 8.32 Å². The van der Waals surface area contributed by atoms with E-state index in [-0.39, 0.29) is 5.75 Å². The van der Waals surface area contributed by atoms with Crippen LogP contribution in [-0.2, 0) is 14.0 Å². The van der Waals surface area contributed by atoms with Gasteiger partial charge in [0.05, 0.1) is 5.75 Å². The van der Waals surface area contributed by atoms with Gasteiger partial charge in [-0.3, -0.25) is 0 Å². The van der Waals surface area contributed by atoms with Crippen molar-refractivity contribution in [3.05, 3.63) is 0 Å². The van der Waals surface area contributed by atoms with Crippen LogP contribution in [0.2, 0.25) is 17.1 Å². The van der Waals surface area contributed by atoms with E-state index in [4.69, 9.17) is 3.87 Å². The fraction of sp³-hybridized carbons (Fsp3) is 1.00. The normalized spacial score (nSPS) is 13.2. The molecule has 0 aliphatic rings. The molecule has 0 aliphatic carbocycles. The average Bonchev–Trinajstić information content (AvgIpc) is 2.46. The lowest BCUT2D eigenvalue weighted by molar-refractivity contribution is 0.451. The monoisotopic (exact) mass is 364 g/mol. The molecular formula is C18H40O3SSi. The smallest absolute Gasteiger partial charge is 0.257 e. The highest BCUT2D eigenvalue weighted by Gasteiger charge is 2.45. The van der Waals surface area contributed by atoms with Crippen LogP contribution in [0.5, 0.6) is 0 Å². The van der Waals surface area contributed by atoms with Gasteiger partial charge in [0.25, 0.3) is 10.1 Å². The van der Waals surface area contributed by atoms with Crippen molar-refractivity contribution in [2.45, 2.75) is 110 Å². The van der Waals surface area contributed by atoms with Crippen LogP contribution in [-0.4, -0.2) is 22.5 Å². The van der Waals surface area contributed by atoms with Gasteiger partial charge in [-0.05, 0) is 23.5 Å². The van der Waals surface area contributed by atoms with Crippen LogP contribution in [0.1, 0.15) is 92.9 Å². The first-order valence-corrected chi connectivity index (χ1v) is 13.5. The zero-order chi connectivity index (χ0) is 17.9. The van der Waals surface area contributed by atoms with Crippen LogP contribution in [0.3, 0.4) is 0 Å². The van der Waals surface area contributed by atoms with Gasteiger partial charge >= 0.3 is 0 Å². The summed E-state index contributed by atoms with van der Waals surface area (Å²) in [6.07, 6.45) is 9.01. The Labute approximate surface area is 146 Å². The molecule has 0 aromatic heterocycles. The summed E-state index contributed by atoms with van der Waals surface area (Å²) in [5, 5.41) is 0. The predicted octanol–water partition coefficient (Wildman–Crippen LogP) is 6.26. The van der Waals surface area contributed by atoms with E-state index in [0.717, 1.165) is 18.9 Å². The number of rotatable bonds is 14. The minimum atomic E-state index is -3.38. The average molecular weight is 365 g/mol. The maximum absolute atomic E-state index is 12.4. The van der Waals surface area contributed by atoms with Crippen LogP contribution in [0.15, 0.2) is 0 Å². The Balaban J connectivity index is 4.83. The van der Waals surface area contributed by atoms with Gasteiger partial charge in [-0.15, -0.1) is 0 Å². The summed E-state index contributed by atoms with van der Waals surface area (Å²) in [5.74, 6) is 0.175. The Morgan fingerprint density at radius 3 is 1.74 bits per heavy atom. The molecule has 3 nitrogen and oxygen atoms in total. The molecule has 0 bridgehead atoms. The van der Waals surface area contributed by atoms with Crippen molar-refractivity contribution in [3.8, 4) is 0 Å². The molecule has 0 heterocycles. The lowest BCUT2D eigenvalue weighted by atomic mass is 10.1. The number of hydrogen-bond donors (Lipinski definition) is 0. The fourth-order valence-corrected chi connectivity index (χ4v) is 11.3. The second-order valence-electron chi connectivity index (χ2n) is 7.48. The number of hydrogen-bond acceptors (Lipinski definition) is 3. The van der Waals surface area contributed by atoms with Crippen molar-refractivity contribution in [1.82, 2.24) is 0 Å². The van der Waals surface area contributed by atoms with E-state index in [9.17, 15) is 8.42 Å². The predicted molar refractivity (Wildman–Crippen MR) is 104 cm³/mol. The molecule has 0 aliphatic heterocycles. The van der Waals surface area contributed by atoms with Gasteiger partial charge in [-0.25, -0.2) is 8.42 Å². The van der Waals surface area contributed by atoms with Crippen molar-refractivity contribution < 1.29 is 12.3 Å². The molecule has 0 radical (unpaired) electrons. The summed E-state index contributed by atoms with van der Waals surface area (Å²) in [6, 6.07) is 0.972. The molecule has 0 aromatic rings. The first-order valence-electron chi connectivity index (χ1n) is 9.65. The summed E-state index contributed by atoms with van der Waals surface area (Å²) in [5.41, 5.74) is 0.657. The molecule has 0 amide bonds. The van der Waals surface area contributed by atoms with Gasteiger partial charge < -0.3 is 3.87 Å². The molecule has 0 saturated carbocycles. The Bertz CT molecular complexity index is 383. The Hall–Kier alpha value is 0.127. The molecule has 0 saturated heterocycles. The van der Waals surface area contributed by atoms with E-state index >= 15 is 0 Å².